The molecule has 0 aliphatic carbocycles. The van der Waals surface area contributed by atoms with Crippen molar-refractivity contribution in [2.45, 2.75) is 24.3 Å². The number of hydrogen-bond donors (Lipinski definition) is 1. The summed E-state index contributed by atoms with van der Waals surface area (Å²) >= 11 is 6.61. The predicted octanol–water partition coefficient (Wildman–Crippen LogP) is 5.05. The molecule has 5 rings (SSSR count). The molecule has 2 aliphatic heterocycles. The second-order valence-corrected chi connectivity index (χ2v) is 11.9. The standard InChI is InChI=1S/C30H29ClN2O5S/c1-20-27(30(34)37-17-16-33(2)18-21-10-4-3-5-11-21)28(22-12-6-7-13-23(22)31)29-24(32-20)19-38-25-14-8-9-15-26(25)39(29,35)36/h3-15,28,32H,16-19H2,1-2H3. The molecule has 9 heteroatoms. The van der Waals surface area contributed by atoms with Crippen LogP contribution in [0.2, 0.25) is 5.02 Å². The van der Waals surface area contributed by atoms with Gasteiger partial charge in [-0.05, 0) is 43.3 Å². The van der Waals surface area contributed by atoms with E-state index in [0.717, 1.165) is 5.56 Å². The lowest BCUT2D eigenvalue weighted by atomic mass is 9.86. The summed E-state index contributed by atoms with van der Waals surface area (Å²) in [4.78, 5) is 15.8. The molecule has 3 aromatic carbocycles. The summed E-state index contributed by atoms with van der Waals surface area (Å²) in [6, 6.07) is 23.5. The van der Waals surface area contributed by atoms with Crippen LogP contribution in [0, 0.1) is 0 Å². The third kappa shape index (κ3) is 5.45. The number of para-hydroxylation sites is 1. The number of hydrogen-bond acceptors (Lipinski definition) is 7. The minimum atomic E-state index is -4.07. The van der Waals surface area contributed by atoms with Gasteiger partial charge in [0.05, 0.1) is 22.1 Å². The van der Waals surface area contributed by atoms with E-state index in [9.17, 15) is 13.2 Å². The maximum Gasteiger partial charge on any atom is 0.336 e. The second-order valence-electron chi connectivity index (χ2n) is 9.56. The highest BCUT2D eigenvalue weighted by atomic mass is 35.5. The van der Waals surface area contributed by atoms with Crippen molar-refractivity contribution in [1.29, 1.82) is 0 Å². The summed E-state index contributed by atoms with van der Waals surface area (Å²) in [5.74, 6) is -1.31. The van der Waals surface area contributed by atoms with Crippen molar-refractivity contribution in [2.75, 3.05) is 26.8 Å². The summed E-state index contributed by atoms with van der Waals surface area (Å²) in [5, 5.41) is 3.48. The van der Waals surface area contributed by atoms with Crippen LogP contribution in [0.4, 0.5) is 0 Å². The van der Waals surface area contributed by atoms with Crippen molar-refractivity contribution in [2.24, 2.45) is 0 Å². The van der Waals surface area contributed by atoms with Crippen LogP contribution in [0.1, 0.15) is 24.0 Å². The third-order valence-electron chi connectivity index (χ3n) is 6.83. The molecule has 0 saturated carbocycles. The zero-order chi connectivity index (χ0) is 27.6. The number of allylic oxidation sites excluding steroid dienone is 2. The SMILES string of the molecule is CC1=C(C(=O)OCCN(C)Cc2ccccc2)C(c2ccccc2Cl)C2=C(COc3ccccc3S2(=O)=O)N1. The number of likely N-dealkylation sites (N-methyl/N-ethyl adjacent to an activating group) is 1. The molecule has 0 fully saturated rings. The van der Waals surface area contributed by atoms with Crippen LogP contribution >= 0.6 is 11.6 Å². The van der Waals surface area contributed by atoms with Crippen molar-refractivity contribution in [3.05, 3.63) is 117 Å². The number of nitrogens with one attached hydrogen (secondary N) is 1. The molecule has 2 aliphatic rings. The fourth-order valence-electron chi connectivity index (χ4n) is 4.98. The van der Waals surface area contributed by atoms with Crippen LogP contribution in [0.25, 0.3) is 0 Å². The summed E-state index contributed by atoms with van der Waals surface area (Å²) < 4.78 is 39.8. The Bertz CT molecular complexity index is 1570. The van der Waals surface area contributed by atoms with Gasteiger partial charge in [-0.15, -0.1) is 0 Å². The van der Waals surface area contributed by atoms with Crippen LogP contribution < -0.4 is 10.1 Å². The quantitative estimate of drug-likeness (QED) is 0.402. The molecule has 1 N–H and O–H groups in total. The number of nitrogens with zero attached hydrogens (tertiary/aromatic N) is 1. The monoisotopic (exact) mass is 564 g/mol. The minimum Gasteiger partial charge on any atom is -0.486 e. The number of sulfone groups is 1. The van der Waals surface area contributed by atoms with E-state index in [4.69, 9.17) is 21.1 Å². The number of ether oxygens (including phenoxy) is 2. The topological polar surface area (TPSA) is 84.9 Å². The Kier molecular flexibility index (Phi) is 7.79. The fourth-order valence-corrected chi connectivity index (χ4v) is 7.11. The van der Waals surface area contributed by atoms with Gasteiger partial charge in [0.1, 0.15) is 23.9 Å². The Morgan fingerprint density at radius 2 is 1.74 bits per heavy atom. The lowest BCUT2D eigenvalue weighted by Crippen LogP contribution is -2.34. The molecule has 0 bridgehead atoms. The molecule has 202 valence electrons. The second kappa shape index (κ2) is 11.3. The van der Waals surface area contributed by atoms with Gasteiger partial charge in [-0.2, -0.15) is 0 Å². The minimum absolute atomic E-state index is 0.00349. The van der Waals surface area contributed by atoms with Gasteiger partial charge >= 0.3 is 5.97 Å². The molecule has 0 amide bonds. The first kappa shape index (κ1) is 27.0. The number of rotatable bonds is 7. The van der Waals surface area contributed by atoms with Crippen molar-refractivity contribution in [1.82, 2.24) is 10.2 Å². The maximum atomic E-state index is 14.1. The summed E-state index contributed by atoms with van der Waals surface area (Å²) in [6.07, 6.45) is 0. The lowest BCUT2D eigenvalue weighted by Gasteiger charge is -2.31. The summed E-state index contributed by atoms with van der Waals surface area (Å²) in [5.41, 5.74) is 2.72. The van der Waals surface area contributed by atoms with Crippen molar-refractivity contribution < 1.29 is 22.7 Å². The maximum absolute atomic E-state index is 14.1. The van der Waals surface area contributed by atoms with E-state index in [2.05, 4.69) is 10.2 Å². The number of dihydropyridines is 1. The lowest BCUT2D eigenvalue weighted by molar-refractivity contribution is -0.139. The molecule has 7 nitrogen and oxygen atoms in total. The summed E-state index contributed by atoms with van der Waals surface area (Å²) in [7, 11) is -2.12. The van der Waals surface area contributed by atoms with Gasteiger partial charge in [-0.3, -0.25) is 4.90 Å². The molecular formula is C30H29ClN2O5S. The highest BCUT2D eigenvalue weighted by Gasteiger charge is 2.44. The Hall–Kier alpha value is -3.59. The van der Waals surface area contributed by atoms with Gasteiger partial charge in [0.15, 0.2) is 0 Å². The highest BCUT2D eigenvalue weighted by molar-refractivity contribution is 7.95. The number of carbonyl (C=O) groups excluding carboxylic acids is 1. The molecular weight excluding hydrogens is 536 g/mol. The molecule has 0 spiro atoms. The van der Waals surface area contributed by atoms with Gasteiger partial charge in [0.25, 0.3) is 0 Å². The molecule has 0 aromatic heterocycles. The smallest absolute Gasteiger partial charge is 0.336 e. The molecule has 1 atom stereocenters. The Labute approximate surface area is 233 Å². The predicted molar refractivity (Wildman–Crippen MR) is 150 cm³/mol. The summed E-state index contributed by atoms with van der Waals surface area (Å²) in [6.45, 7) is 3.08. The van der Waals surface area contributed by atoms with Crippen LogP contribution in [0.5, 0.6) is 5.75 Å². The van der Waals surface area contributed by atoms with Gasteiger partial charge in [0, 0.05) is 23.8 Å². The normalized spacial score (nSPS) is 18.0. The zero-order valence-corrected chi connectivity index (χ0v) is 23.3. The first-order chi connectivity index (χ1) is 18.8. The molecule has 2 heterocycles. The van der Waals surface area contributed by atoms with Gasteiger partial charge in [-0.1, -0.05) is 72.3 Å². The number of esters is 1. The van der Waals surface area contributed by atoms with E-state index < -0.39 is 21.7 Å². The van der Waals surface area contributed by atoms with E-state index in [0.29, 0.717) is 35.1 Å². The van der Waals surface area contributed by atoms with Gasteiger partial charge in [-0.25, -0.2) is 13.2 Å². The van der Waals surface area contributed by atoms with E-state index >= 15 is 0 Å². The fraction of sp³-hybridized carbons (Fsp3) is 0.233. The highest BCUT2D eigenvalue weighted by Crippen LogP contribution is 2.47. The number of carbonyl (C=O) groups is 1. The average molecular weight is 565 g/mol. The average Bonchev–Trinajstić information content (AvgIpc) is 3.02. The van der Waals surface area contributed by atoms with E-state index in [1.54, 1.807) is 49.4 Å². The first-order valence-electron chi connectivity index (χ1n) is 12.6. The Morgan fingerprint density at radius 1 is 1.05 bits per heavy atom. The van der Waals surface area contributed by atoms with Crippen LogP contribution in [0.3, 0.4) is 0 Å². The van der Waals surface area contributed by atoms with Crippen molar-refractivity contribution in [3.63, 3.8) is 0 Å². The third-order valence-corrected chi connectivity index (χ3v) is 9.15. The zero-order valence-electron chi connectivity index (χ0n) is 21.7. The number of halogens is 1. The Morgan fingerprint density at radius 3 is 2.51 bits per heavy atom. The number of fused-ring (bicyclic) bond motifs is 1. The van der Waals surface area contributed by atoms with Crippen LogP contribution in [-0.4, -0.2) is 46.1 Å². The van der Waals surface area contributed by atoms with Gasteiger partial charge < -0.3 is 14.8 Å². The van der Waals surface area contributed by atoms with Crippen LogP contribution in [-0.2, 0) is 25.9 Å². The van der Waals surface area contributed by atoms with Gasteiger partial charge in [0.2, 0.25) is 9.84 Å². The Balaban J connectivity index is 1.47. The van der Waals surface area contributed by atoms with E-state index in [1.165, 1.54) is 6.07 Å². The largest absolute Gasteiger partial charge is 0.486 e. The number of benzene rings is 3. The van der Waals surface area contributed by atoms with Crippen molar-refractivity contribution in [3.8, 4) is 5.75 Å². The van der Waals surface area contributed by atoms with E-state index in [-0.39, 0.29) is 34.3 Å². The molecule has 39 heavy (non-hydrogen) atoms. The van der Waals surface area contributed by atoms with E-state index in [1.807, 2.05) is 37.4 Å². The van der Waals surface area contributed by atoms with Crippen molar-refractivity contribution >= 4 is 27.4 Å². The van der Waals surface area contributed by atoms with Crippen LogP contribution in [0.15, 0.2) is 106 Å². The molecule has 0 radical (unpaired) electrons. The molecule has 1 unspecified atom stereocenters. The molecule has 0 saturated heterocycles. The molecule has 3 aromatic rings. The first-order valence-corrected chi connectivity index (χ1v) is 14.4.